The van der Waals surface area contributed by atoms with Gasteiger partial charge in [-0.2, -0.15) is 0 Å². The molecule has 1 saturated carbocycles. The van der Waals surface area contributed by atoms with Crippen molar-refractivity contribution in [2.75, 3.05) is 33.0 Å². The highest BCUT2D eigenvalue weighted by atomic mass is 32.1. The zero-order chi connectivity index (χ0) is 21.1. The molecule has 0 radical (unpaired) electrons. The average Bonchev–Trinajstić information content (AvgIpc) is 3.04. The summed E-state index contributed by atoms with van der Waals surface area (Å²) < 4.78 is 36.0. The van der Waals surface area contributed by atoms with Crippen LogP contribution in [0.25, 0.3) is 10.3 Å². The van der Waals surface area contributed by atoms with E-state index in [2.05, 4.69) is 9.97 Å². The van der Waals surface area contributed by atoms with Gasteiger partial charge in [-0.1, -0.05) is 18.3 Å². The van der Waals surface area contributed by atoms with Gasteiger partial charge in [0.15, 0.2) is 10.5 Å². The summed E-state index contributed by atoms with van der Waals surface area (Å²) in [4.78, 5) is 20.6. The quantitative estimate of drug-likeness (QED) is 0.530. The maximum absolute atomic E-state index is 14.0. The highest BCUT2D eigenvalue weighted by Crippen LogP contribution is 2.33. The number of ether oxygens (including phenoxy) is 4. The Kier molecular flexibility index (Phi) is 6.50. The third kappa shape index (κ3) is 5.44. The molecule has 0 unspecified atom stereocenters. The molecule has 0 amide bonds. The van der Waals surface area contributed by atoms with Crippen molar-refractivity contribution in [3.63, 3.8) is 0 Å². The number of pyridine rings is 1. The summed E-state index contributed by atoms with van der Waals surface area (Å²) in [6.45, 7) is 4.94. The Morgan fingerprint density at radius 2 is 2.13 bits per heavy atom. The molecule has 1 saturated heterocycles. The van der Waals surface area contributed by atoms with E-state index < -0.39 is 5.67 Å². The van der Waals surface area contributed by atoms with Crippen LogP contribution in [0.4, 0.5) is 4.39 Å². The van der Waals surface area contributed by atoms with Crippen LogP contribution in [0.2, 0.25) is 0 Å². The van der Waals surface area contributed by atoms with Gasteiger partial charge in [-0.25, -0.2) is 14.4 Å². The van der Waals surface area contributed by atoms with Gasteiger partial charge in [0.2, 0.25) is 5.88 Å². The Morgan fingerprint density at radius 3 is 2.83 bits per heavy atom. The Labute approximate surface area is 178 Å². The van der Waals surface area contributed by atoms with E-state index in [-0.39, 0.29) is 37.6 Å². The predicted octanol–water partition coefficient (Wildman–Crippen LogP) is 3.60. The Hall–Kier alpha value is -1.84. The summed E-state index contributed by atoms with van der Waals surface area (Å²) in [7, 11) is 0. The first kappa shape index (κ1) is 21.4. The number of fused-ring (bicyclic) bond motifs is 1. The molecule has 0 spiro atoms. The molecule has 30 heavy (non-hydrogen) atoms. The van der Waals surface area contributed by atoms with Gasteiger partial charge in [0.25, 0.3) is 5.19 Å². The van der Waals surface area contributed by atoms with Crippen LogP contribution in [0.5, 0.6) is 11.1 Å². The van der Waals surface area contributed by atoms with E-state index in [0.717, 1.165) is 12.8 Å². The van der Waals surface area contributed by atoms with Gasteiger partial charge in [0, 0.05) is 19.1 Å². The van der Waals surface area contributed by atoms with E-state index in [4.69, 9.17) is 18.9 Å². The lowest BCUT2D eigenvalue weighted by Gasteiger charge is -2.35. The summed E-state index contributed by atoms with van der Waals surface area (Å²) in [6, 6.07) is 3.63. The van der Waals surface area contributed by atoms with Crippen LogP contribution in [0.1, 0.15) is 33.1 Å². The molecule has 9 heteroatoms. The molecule has 3 heterocycles. The highest BCUT2D eigenvalue weighted by molar-refractivity contribution is 7.19. The van der Waals surface area contributed by atoms with Crippen molar-refractivity contribution in [2.24, 2.45) is 11.8 Å². The van der Waals surface area contributed by atoms with E-state index >= 15 is 0 Å². The number of hydrogen-bond donors (Lipinski definition) is 0. The van der Waals surface area contributed by atoms with Crippen molar-refractivity contribution in [1.29, 1.82) is 0 Å². The number of Topliss-reactive ketones (excluding diaryl/α,β-unsaturated/α-hetero) is 1. The Morgan fingerprint density at radius 1 is 1.33 bits per heavy atom. The second kappa shape index (κ2) is 9.11. The summed E-state index contributed by atoms with van der Waals surface area (Å²) in [5, 5.41) is 0.400. The topological polar surface area (TPSA) is 79.8 Å². The van der Waals surface area contributed by atoms with Gasteiger partial charge in [0.1, 0.15) is 17.9 Å². The zero-order valence-corrected chi connectivity index (χ0v) is 18.1. The molecule has 0 aromatic carbocycles. The van der Waals surface area contributed by atoms with Crippen LogP contribution in [-0.2, 0) is 14.3 Å². The second-order valence-corrected chi connectivity index (χ2v) is 9.44. The molecular weight excluding hydrogens is 411 g/mol. The summed E-state index contributed by atoms with van der Waals surface area (Å²) in [6.07, 6.45) is 2.75. The van der Waals surface area contributed by atoms with Crippen molar-refractivity contribution in [3.8, 4) is 11.1 Å². The van der Waals surface area contributed by atoms with Crippen LogP contribution in [0.3, 0.4) is 0 Å². The molecule has 1 aliphatic heterocycles. The average molecular weight is 439 g/mol. The number of thiazole rings is 1. The van der Waals surface area contributed by atoms with E-state index in [1.165, 1.54) is 11.3 Å². The standard InChI is InChI=1S/C21H27FN2O5S/c1-13(5-14(2)25)8-27-16-6-15(7-16)9-28-18-4-3-17-19(24-18)30-20(23-17)29-12-21(22)10-26-11-21/h3-4,13,15-16H,5-12H2,1-2H3/t13-,15?,16?/m1/s1. The molecule has 2 aromatic rings. The van der Waals surface area contributed by atoms with Crippen molar-refractivity contribution < 1.29 is 28.1 Å². The Bertz CT molecular complexity index is 881. The number of alkyl halides is 1. The molecule has 1 aliphatic carbocycles. The first-order valence-electron chi connectivity index (χ1n) is 10.3. The van der Waals surface area contributed by atoms with Gasteiger partial charge < -0.3 is 23.7 Å². The fraction of sp³-hybridized carbons (Fsp3) is 0.667. The number of ketones is 1. The minimum Gasteiger partial charge on any atom is -0.477 e. The molecule has 2 aromatic heterocycles. The smallest absolute Gasteiger partial charge is 0.275 e. The van der Waals surface area contributed by atoms with Crippen LogP contribution < -0.4 is 9.47 Å². The minimum atomic E-state index is -1.41. The molecule has 0 N–H and O–H groups in total. The largest absolute Gasteiger partial charge is 0.477 e. The van der Waals surface area contributed by atoms with E-state index in [1.54, 1.807) is 13.0 Å². The number of halogens is 1. The fourth-order valence-electron chi connectivity index (χ4n) is 3.52. The molecule has 164 valence electrons. The molecule has 1 atom stereocenters. The summed E-state index contributed by atoms with van der Waals surface area (Å²) in [5.74, 6) is 1.46. The van der Waals surface area contributed by atoms with Crippen LogP contribution in [-0.4, -0.2) is 60.6 Å². The summed E-state index contributed by atoms with van der Waals surface area (Å²) in [5.41, 5.74) is -0.702. The lowest BCUT2D eigenvalue weighted by Crippen LogP contribution is -2.50. The van der Waals surface area contributed by atoms with E-state index in [1.807, 2.05) is 13.0 Å². The fourth-order valence-corrected chi connectivity index (χ4v) is 4.30. The third-order valence-electron chi connectivity index (χ3n) is 5.30. The minimum absolute atomic E-state index is 0.0609. The highest BCUT2D eigenvalue weighted by Gasteiger charge is 2.40. The van der Waals surface area contributed by atoms with Gasteiger partial charge >= 0.3 is 0 Å². The van der Waals surface area contributed by atoms with Gasteiger partial charge in [-0.05, 0) is 37.7 Å². The predicted molar refractivity (Wildman–Crippen MR) is 110 cm³/mol. The van der Waals surface area contributed by atoms with Crippen LogP contribution >= 0.6 is 11.3 Å². The van der Waals surface area contributed by atoms with Crippen LogP contribution in [0, 0.1) is 11.8 Å². The van der Waals surface area contributed by atoms with Crippen molar-refractivity contribution in [3.05, 3.63) is 12.1 Å². The first-order valence-corrected chi connectivity index (χ1v) is 11.1. The lowest BCUT2D eigenvalue weighted by atomic mass is 9.83. The van der Waals surface area contributed by atoms with Gasteiger partial charge in [-0.3, -0.25) is 0 Å². The molecule has 7 nitrogen and oxygen atoms in total. The first-order chi connectivity index (χ1) is 14.4. The summed E-state index contributed by atoms with van der Waals surface area (Å²) >= 11 is 1.28. The number of carbonyl (C=O) groups is 1. The molecule has 0 bridgehead atoms. The van der Waals surface area contributed by atoms with Crippen molar-refractivity contribution in [1.82, 2.24) is 9.97 Å². The number of rotatable bonds is 11. The molecule has 4 rings (SSSR count). The molecule has 2 aliphatic rings. The zero-order valence-electron chi connectivity index (χ0n) is 17.3. The SMILES string of the molecule is CC(=O)C[C@@H](C)COC1CC(COc2ccc3nc(OCC4(F)COC4)sc3n2)C1. The maximum atomic E-state index is 14.0. The normalized spacial score (nSPS) is 23.4. The molecule has 2 fully saturated rings. The van der Waals surface area contributed by atoms with Gasteiger partial charge in [0.05, 0.1) is 25.9 Å². The molecular formula is C21H27FN2O5S. The lowest BCUT2D eigenvalue weighted by molar-refractivity contribution is -0.146. The number of carbonyl (C=O) groups excluding carboxylic acids is 1. The second-order valence-electron chi connectivity index (χ2n) is 8.50. The number of hydrogen-bond acceptors (Lipinski definition) is 8. The van der Waals surface area contributed by atoms with E-state index in [0.29, 0.717) is 47.0 Å². The maximum Gasteiger partial charge on any atom is 0.275 e. The third-order valence-corrected chi connectivity index (χ3v) is 6.18. The number of aromatic nitrogens is 2. The van der Waals surface area contributed by atoms with Crippen molar-refractivity contribution >= 4 is 27.5 Å². The van der Waals surface area contributed by atoms with Crippen LogP contribution in [0.15, 0.2) is 12.1 Å². The van der Waals surface area contributed by atoms with Gasteiger partial charge in [-0.15, -0.1) is 0 Å². The monoisotopic (exact) mass is 438 g/mol. The number of nitrogens with zero attached hydrogens (tertiary/aromatic N) is 2. The Balaban J connectivity index is 1.19. The van der Waals surface area contributed by atoms with E-state index in [9.17, 15) is 9.18 Å². The van der Waals surface area contributed by atoms with Crippen molar-refractivity contribution in [2.45, 2.75) is 44.9 Å².